The number of para-hydroxylation sites is 1. The van der Waals surface area contributed by atoms with Gasteiger partial charge in [-0.2, -0.15) is 0 Å². The second-order valence-corrected chi connectivity index (χ2v) is 10.6. The monoisotopic (exact) mass is 570 g/mol. The lowest BCUT2D eigenvalue weighted by Gasteiger charge is -2.30. The van der Waals surface area contributed by atoms with Crippen LogP contribution in [0.5, 0.6) is 11.5 Å². The number of likely N-dealkylation sites (N-methyl/N-ethyl adjacent to an activating group) is 1. The number of hydrogen-bond acceptors (Lipinski definition) is 7. The number of hydrogen-bond donors (Lipinski definition) is 3. The number of nitrogens with one attached hydrogen (secondary N) is 2. The van der Waals surface area contributed by atoms with E-state index in [1.54, 1.807) is 13.0 Å². The molecule has 2 heterocycles. The highest BCUT2D eigenvalue weighted by Crippen LogP contribution is 2.23. The van der Waals surface area contributed by atoms with Crippen LogP contribution in [0.1, 0.15) is 31.7 Å². The third-order valence-electron chi connectivity index (χ3n) is 7.50. The first-order chi connectivity index (χ1) is 20.4. The van der Waals surface area contributed by atoms with E-state index >= 15 is 0 Å². The van der Waals surface area contributed by atoms with Gasteiger partial charge in [-0.1, -0.05) is 30.9 Å². The van der Waals surface area contributed by atoms with Crippen LogP contribution in [0, 0.1) is 5.41 Å². The normalized spacial score (nSPS) is 18.7. The summed E-state index contributed by atoms with van der Waals surface area (Å²) >= 11 is 0. The fourth-order valence-electron chi connectivity index (χ4n) is 5.16. The van der Waals surface area contributed by atoms with Crippen molar-refractivity contribution in [3.63, 3.8) is 0 Å². The summed E-state index contributed by atoms with van der Waals surface area (Å²) in [7, 11) is 2.09. The van der Waals surface area contributed by atoms with Gasteiger partial charge in [-0.25, -0.2) is 0 Å². The Morgan fingerprint density at radius 1 is 1.17 bits per heavy atom. The number of allylic oxidation sites excluding steroid dienone is 1. The first-order valence-corrected chi connectivity index (χ1v) is 14.4. The number of likely N-dealkylation sites (tertiary alicyclic amines) is 1. The van der Waals surface area contributed by atoms with Crippen molar-refractivity contribution >= 4 is 17.5 Å². The number of carbonyl (C=O) groups is 1. The predicted molar refractivity (Wildman–Crippen MR) is 168 cm³/mol. The zero-order chi connectivity index (χ0) is 29.9. The van der Waals surface area contributed by atoms with Gasteiger partial charge in [-0.15, -0.1) is 0 Å². The summed E-state index contributed by atoms with van der Waals surface area (Å²) in [6, 6.07) is 17.2. The smallest absolute Gasteiger partial charge is 0.246 e. The molecule has 42 heavy (non-hydrogen) atoms. The summed E-state index contributed by atoms with van der Waals surface area (Å²) in [6.07, 6.45) is 7.90. The van der Waals surface area contributed by atoms with E-state index < -0.39 is 0 Å². The number of amides is 1. The first kappa shape index (κ1) is 30.7. The Hall–Kier alpha value is -4.21. The Morgan fingerprint density at radius 2 is 1.86 bits per heavy atom. The fraction of sp³-hybridized carbons (Fsp3) is 0.364. The highest BCUT2D eigenvalue weighted by molar-refractivity contribution is 6.29. The van der Waals surface area contributed by atoms with Crippen molar-refractivity contribution in [1.82, 2.24) is 15.1 Å². The molecular weight excluding hydrogens is 528 g/mol. The number of carbonyl (C=O) groups excluding carboxylic acids is 1. The van der Waals surface area contributed by atoms with Gasteiger partial charge in [0.2, 0.25) is 5.91 Å². The van der Waals surface area contributed by atoms with Gasteiger partial charge in [0.15, 0.2) is 0 Å². The van der Waals surface area contributed by atoms with Gasteiger partial charge in [-0.3, -0.25) is 20.1 Å². The van der Waals surface area contributed by atoms with Gasteiger partial charge >= 0.3 is 0 Å². The molecule has 0 radical (unpaired) electrons. The van der Waals surface area contributed by atoms with Crippen LogP contribution < -0.4 is 15.8 Å². The van der Waals surface area contributed by atoms with E-state index in [1.165, 1.54) is 6.20 Å². The molecule has 4 rings (SSSR count). The van der Waals surface area contributed by atoms with Gasteiger partial charge in [0.1, 0.15) is 17.3 Å². The van der Waals surface area contributed by atoms with Crippen molar-refractivity contribution in [2.75, 3.05) is 39.9 Å². The third kappa shape index (κ3) is 8.41. The largest absolute Gasteiger partial charge is 0.457 e. The number of ether oxygens (including phenoxy) is 2. The van der Waals surface area contributed by atoms with E-state index in [2.05, 4.69) is 23.8 Å². The van der Waals surface area contributed by atoms with Crippen LogP contribution in [0.3, 0.4) is 0 Å². The summed E-state index contributed by atoms with van der Waals surface area (Å²) in [5.74, 6) is 1.87. The summed E-state index contributed by atoms with van der Waals surface area (Å²) in [4.78, 5) is 21.9. The lowest BCUT2D eigenvalue weighted by Crippen LogP contribution is -2.36. The minimum Gasteiger partial charge on any atom is -0.457 e. The van der Waals surface area contributed by atoms with E-state index in [9.17, 15) is 4.79 Å². The minimum absolute atomic E-state index is 0.0115. The highest BCUT2D eigenvalue weighted by atomic mass is 16.5. The molecule has 2 aliphatic heterocycles. The summed E-state index contributed by atoms with van der Waals surface area (Å²) in [5.41, 5.74) is 8.15. The van der Waals surface area contributed by atoms with E-state index in [4.69, 9.17) is 25.6 Å². The second-order valence-electron chi connectivity index (χ2n) is 10.6. The quantitative estimate of drug-likeness (QED) is 0.208. The lowest BCUT2D eigenvalue weighted by molar-refractivity contribution is -0.125. The van der Waals surface area contributed by atoms with Crippen LogP contribution in [0.4, 0.5) is 0 Å². The molecule has 9 nitrogen and oxygen atoms in total. The van der Waals surface area contributed by atoms with Crippen molar-refractivity contribution in [2.24, 2.45) is 10.7 Å². The molecular formula is C33H42N6O3. The Labute approximate surface area is 248 Å². The van der Waals surface area contributed by atoms with Gasteiger partial charge in [0.05, 0.1) is 17.3 Å². The van der Waals surface area contributed by atoms with E-state index in [1.807, 2.05) is 65.6 Å². The Kier molecular flexibility index (Phi) is 11.1. The molecule has 2 aromatic carbocycles. The molecule has 0 spiro atoms. The van der Waals surface area contributed by atoms with Gasteiger partial charge in [0, 0.05) is 56.2 Å². The first-order valence-electron chi connectivity index (χ1n) is 14.4. The van der Waals surface area contributed by atoms with Crippen LogP contribution >= 0.6 is 0 Å². The molecule has 0 saturated carbocycles. The standard InChI is InChI=1S/C33H42N6O3/c1-4-36-33(31(24(2)34)32(35)25-12-14-29(15-13-25)42-28-9-6-5-7-10-28)37-26-16-20-39(23-26)30(40)11-8-19-38(3)27-17-21-41-22-18-27/h4-15,26-27,35H,1,16-23,34H2,2-3H3,(H,36,37)/b11-8+,31-24+,35-32?. The minimum atomic E-state index is -0.126. The van der Waals surface area contributed by atoms with Crippen LogP contribution in [-0.2, 0) is 9.53 Å². The fourth-order valence-corrected chi connectivity index (χ4v) is 5.16. The maximum Gasteiger partial charge on any atom is 0.246 e. The summed E-state index contributed by atoms with van der Waals surface area (Å²) in [5, 5.41) is 12.1. The molecule has 2 aliphatic rings. The van der Waals surface area contributed by atoms with Crippen molar-refractivity contribution in [3.05, 3.63) is 96.4 Å². The van der Waals surface area contributed by atoms with Crippen LogP contribution in [-0.4, -0.2) is 79.2 Å². The highest BCUT2D eigenvalue weighted by Gasteiger charge is 2.27. The molecule has 4 N–H and O–H groups in total. The second kappa shape index (κ2) is 15.1. The number of benzene rings is 2. The average molecular weight is 571 g/mol. The van der Waals surface area contributed by atoms with Gasteiger partial charge in [0.25, 0.3) is 0 Å². The van der Waals surface area contributed by atoms with Gasteiger partial charge < -0.3 is 25.4 Å². The summed E-state index contributed by atoms with van der Waals surface area (Å²) < 4.78 is 11.3. The molecule has 0 aromatic heterocycles. The molecule has 2 aromatic rings. The van der Waals surface area contributed by atoms with Crippen molar-refractivity contribution < 1.29 is 14.3 Å². The number of nitrogens with zero attached hydrogens (tertiary/aromatic N) is 3. The predicted octanol–water partition coefficient (Wildman–Crippen LogP) is 4.48. The molecule has 1 unspecified atom stereocenters. The number of nitrogens with two attached hydrogens (primary N) is 1. The number of rotatable bonds is 11. The van der Waals surface area contributed by atoms with Gasteiger partial charge in [-0.05, 0) is 75.8 Å². The Balaban J connectivity index is 1.39. The molecule has 0 bridgehead atoms. The zero-order valence-corrected chi connectivity index (χ0v) is 24.6. The molecule has 2 fully saturated rings. The number of aliphatic imine (C=N–C) groups is 1. The number of amidine groups is 1. The van der Waals surface area contributed by atoms with Crippen LogP contribution in [0.15, 0.2) is 95.8 Å². The van der Waals surface area contributed by atoms with Crippen molar-refractivity contribution in [1.29, 1.82) is 5.41 Å². The molecule has 2 saturated heterocycles. The van der Waals surface area contributed by atoms with E-state index in [-0.39, 0.29) is 17.7 Å². The SMILES string of the molecule is C=CNC(=NC1CCN(C(=O)/C=C/CN(C)C2CCOCC2)C1)/C(C(=N)c1ccc(Oc2ccccc2)cc1)=C(\C)N. The molecule has 1 amide bonds. The van der Waals surface area contributed by atoms with E-state index in [0.29, 0.717) is 47.6 Å². The lowest BCUT2D eigenvalue weighted by atomic mass is 9.99. The molecule has 222 valence electrons. The van der Waals surface area contributed by atoms with Crippen molar-refractivity contribution in [2.45, 2.75) is 38.3 Å². The molecule has 9 heteroatoms. The molecule has 0 aliphatic carbocycles. The topological polar surface area (TPSA) is 116 Å². The summed E-state index contributed by atoms with van der Waals surface area (Å²) in [6.45, 7) is 8.99. The maximum absolute atomic E-state index is 12.9. The Morgan fingerprint density at radius 3 is 2.52 bits per heavy atom. The maximum atomic E-state index is 12.9. The van der Waals surface area contributed by atoms with Crippen LogP contribution in [0.2, 0.25) is 0 Å². The van der Waals surface area contributed by atoms with E-state index in [0.717, 1.165) is 44.8 Å². The Bertz CT molecular complexity index is 1310. The zero-order valence-electron chi connectivity index (χ0n) is 24.6. The third-order valence-corrected chi connectivity index (χ3v) is 7.50. The molecule has 1 atom stereocenters. The van der Waals surface area contributed by atoms with Crippen LogP contribution in [0.25, 0.3) is 0 Å². The van der Waals surface area contributed by atoms with Crippen molar-refractivity contribution in [3.8, 4) is 11.5 Å². The average Bonchev–Trinajstić information content (AvgIpc) is 3.47.